The molecule has 3 rings (SSSR count). The van der Waals surface area contributed by atoms with Gasteiger partial charge in [-0.25, -0.2) is 4.98 Å². The van der Waals surface area contributed by atoms with Gasteiger partial charge < -0.3 is 0 Å². The molecule has 0 atom stereocenters. The van der Waals surface area contributed by atoms with E-state index < -0.39 is 0 Å². The molecule has 0 saturated carbocycles. The minimum absolute atomic E-state index is 0.616. The van der Waals surface area contributed by atoms with Gasteiger partial charge in [0.15, 0.2) is 10.8 Å². The molecular weight excluding hydrogens is 200 g/mol. The maximum Gasteiger partial charge on any atom is 0.193 e. The second-order valence-corrected chi connectivity index (χ2v) is 3.70. The van der Waals surface area contributed by atoms with Crippen LogP contribution in [0.15, 0.2) is 17.8 Å². The Hall–Kier alpha value is -1.76. The van der Waals surface area contributed by atoms with Crippen LogP contribution in [0.2, 0.25) is 0 Å². The molecule has 3 heterocycles. The minimum atomic E-state index is 0.616. The van der Waals surface area contributed by atoms with E-state index in [-0.39, 0.29) is 0 Å². The molecule has 0 unspecified atom stereocenters. The lowest BCUT2D eigenvalue weighted by molar-refractivity contribution is 0.881. The minimum Gasteiger partial charge on any atom is -0.297 e. The molecule has 0 fully saturated rings. The van der Waals surface area contributed by atoms with E-state index >= 15 is 0 Å². The molecule has 0 radical (unpaired) electrons. The van der Waals surface area contributed by atoms with Crippen molar-refractivity contribution in [2.24, 2.45) is 0 Å². The van der Waals surface area contributed by atoms with Crippen LogP contribution in [0.25, 0.3) is 4.96 Å². The number of rotatable bonds is 2. The number of aromatic nitrogens is 6. The van der Waals surface area contributed by atoms with E-state index in [2.05, 4.69) is 25.6 Å². The van der Waals surface area contributed by atoms with E-state index in [0.717, 1.165) is 10.7 Å². The van der Waals surface area contributed by atoms with Crippen molar-refractivity contribution in [1.82, 2.24) is 30.0 Å². The van der Waals surface area contributed by atoms with Crippen molar-refractivity contribution in [2.45, 2.75) is 6.42 Å². The molecule has 70 valence electrons. The zero-order valence-electron chi connectivity index (χ0n) is 7.08. The lowest BCUT2D eigenvalue weighted by Gasteiger charge is -1.85. The van der Waals surface area contributed by atoms with Crippen LogP contribution in [0.5, 0.6) is 0 Å². The number of hydrogen-bond acceptors (Lipinski definition) is 5. The maximum absolute atomic E-state index is 4.41. The highest BCUT2D eigenvalue weighted by Gasteiger charge is 2.05. The van der Waals surface area contributed by atoms with Gasteiger partial charge in [0.05, 0.1) is 12.1 Å². The van der Waals surface area contributed by atoms with Gasteiger partial charge in [-0.2, -0.15) is 5.21 Å². The predicted octanol–water partition coefficient (Wildman–Crippen LogP) is 0.500. The van der Waals surface area contributed by atoms with Gasteiger partial charge in [-0.1, -0.05) is 5.21 Å². The second-order valence-electron chi connectivity index (χ2n) is 2.83. The molecule has 6 nitrogen and oxygen atoms in total. The third-order valence-electron chi connectivity index (χ3n) is 1.87. The van der Waals surface area contributed by atoms with Gasteiger partial charge in [0.25, 0.3) is 0 Å². The van der Waals surface area contributed by atoms with E-state index in [1.807, 2.05) is 22.2 Å². The highest BCUT2D eigenvalue weighted by molar-refractivity contribution is 7.15. The van der Waals surface area contributed by atoms with Crippen LogP contribution in [0.1, 0.15) is 11.5 Å². The number of aromatic amines is 1. The van der Waals surface area contributed by atoms with E-state index in [1.165, 1.54) is 0 Å². The molecule has 3 aromatic rings. The molecule has 3 aromatic heterocycles. The summed E-state index contributed by atoms with van der Waals surface area (Å²) >= 11 is 1.61. The molecule has 1 N–H and O–H groups in total. The Morgan fingerprint density at radius 2 is 2.50 bits per heavy atom. The molecule has 7 heteroatoms. The van der Waals surface area contributed by atoms with Gasteiger partial charge in [0.1, 0.15) is 0 Å². The summed E-state index contributed by atoms with van der Waals surface area (Å²) in [7, 11) is 0. The van der Waals surface area contributed by atoms with Crippen molar-refractivity contribution in [3.8, 4) is 0 Å². The highest BCUT2D eigenvalue weighted by atomic mass is 32.1. The number of nitrogens with one attached hydrogen (secondary N) is 1. The van der Waals surface area contributed by atoms with Crippen LogP contribution in [0.4, 0.5) is 0 Å². The van der Waals surface area contributed by atoms with Crippen molar-refractivity contribution < 1.29 is 0 Å². The van der Waals surface area contributed by atoms with Crippen LogP contribution in [-0.4, -0.2) is 30.0 Å². The standard InChI is InChI=1S/C7H6N6S/c1-2-14-7-8-5(4-13(1)7)3-6-9-11-12-10-6/h1-2,4H,3H2,(H,9,10,11,12). The van der Waals surface area contributed by atoms with Gasteiger partial charge in [-0.15, -0.1) is 21.5 Å². The first kappa shape index (κ1) is 7.63. The monoisotopic (exact) mass is 206 g/mol. The van der Waals surface area contributed by atoms with Crippen LogP contribution >= 0.6 is 11.3 Å². The Morgan fingerprint density at radius 3 is 3.29 bits per heavy atom. The number of nitrogens with zero attached hydrogens (tertiary/aromatic N) is 5. The number of fused-ring (bicyclic) bond motifs is 1. The van der Waals surface area contributed by atoms with E-state index in [4.69, 9.17) is 0 Å². The number of imidazole rings is 1. The molecule has 0 aromatic carbocycles. The number of H-pyrrole nitrogens is 1. The smallest absolute Gasteiger partial charge is 0.193 e. The average molecular weight is 206 g/mol. The van der Waals surface area contributed by atoms with Crippen molar-refractivity contribution in [2.75, 3.05) is 0 Å². The van der Waals surface area contributed by atoms with Gasteiger partial charge >= 0.3 is 0 Å². The summed E-state index contributed by atoms with van der Waals surface area (Å²) in [6, 6.07) is 0. The highest BCUT2D eigenvalue weighted by Crippen LogP contribution is 2.12. The Bertz CT molecular complexity index is 507. The molecule has 0 bridgehead atoms. The van der Waals surface area contributed by atoms with Gasteiger partial charge in [0, 0.05) is 17.8 Å². The van der Waals surface area contributed by atoms with Crippen molar-refractivity contribution in [3.63, 3.8) is 0 Å². The summed E-state index contributed by atoms with van der Waals surface area (Å²) in [6.45, 7) is 0. The fraction of sp³-hybridized carbons (Fsp3) is 0.143. The lowest BCUT2D eigenvalue weighted by Crippen LogP contribution is -1.90. The van der Waals surface area contributed by atoms with Crippen LogP contribution in [0, 0.1) is 0 Å². The number of tetrazole rings is 1. The Balaban J connectivity index is 1.95. The fourth-order valence-corrected chi connectivity index (χ4v) is 2.00. The predicted molar refractivity (Wildman–Crippen MR) is 50.1 cm³/mol. The largest absolute Gasteiger partial charge is 0.297 e. The molecule has 0 aliphatic carbocycles. The zero-order chi connectivity index (χ0) is 9.38. The van der Waals surface area contributed by atoms with Crippen molar-refractivity contribution in [1.29, 1.82) is 0 Å². The van der Waals surface area contributed by atoms with Crippen LogP contribution < -0.4 is 0 Å². The summed E-state index contributed by atoms with van der Waals surface area (Å²) in [4.78, 5) is 5.40. The third kappa shape index (κ3) is 1.18. The Labute approximate surface area is 82.6 Å². The number of thiazole rings is 1. The normalized spacial score (nSPS) is 11.1. The van der Waals surface area contributed by atoms with Crippen LogP contribution in [0.3, 0.4) is 0 Å². The third-order valence-corrected chi connectivity index (χ3v) is 2.64. The van der Waals surface area contributed by atoms with Gasteiger partial charge in [0.2, 0.25) is 0 Å². The second kappa shape index (κ2) is 2.88. The topological polar surface area (TPSA) is 71.8 Å². The van der Waals surface area contributed by atoms with E-state index in [0.29, 0.717) is 12.2 Å². The SMILES string of the molecule is c1cn2cc(Cc3nn[nH]n3)nc2s1. The van der Waals surface area contributed by atoms with Gasteiger partial charge in [-0.05, 0) is 0 Å². The molecular formula is C7H6N6S. The molecule has 14 heavy (non-hydrogen) atoms. The van der Waals surface area contributed by atoms with E-state index in [1.54, 1.807) is 11.3 Å². The molecule has 0 spiro atoms. The van der Waals surface area contributed by atoms with Crippen molar-refractivity contribution in [3.05, 3.63) is 29.3 Å². The molecule has 0 aliphatic rings. The number of hydrogen-bond donors (Lipinski definition) is 1. The van der Waals surface area contributed by atoms with Crippen molar-refractivity contribution >= 4 is 16.3 Å². The van der Waals surface area contributed by atoms with E-state index in [9.17, 15) is 0 Å². The molecule has 0 saturated heterocycles. The molecule has 0 aliphatic heterocycles. The van der Waals surface area contributed by atoms with Crippen LogP contribution in [-0.2, 0) is 6.42 Å². The summed E-state index contributed by atoms with van der Waals surface area (Å²) in [5.74, 6) is 0.663. The summed E-state index contributed by atoms with van der Waals surface area (Å²) < 4.78 is 1.99. The first-order valence-corrected chi connectivity index (χ1v) is 4.93. The summed E-state index contributed by atoms with van der Waals surface area (Å²) in [5.41, 5.74) is 0.957. The Morgan fingerprint density at radius 1 is 1.50 bits per heavy atom. The summed E-state index contributed by atoms with van der Waals surface area (Å²) in [5, 5.41) is 15.7. The lowest BCUT2D eigenvalue weighted by atomic mass is 10.3. The molecule has 0 amide bonds. The Kier molecular flexibility index (Phi) is 1.57. The summed E-state index contributed by atoms with van der Waals surface area (Å²) in [6.07, 6.45) is 4.57. The zero-order valence-corrected chi connectivity index (χ0v) is 7.90. The van der Waals surface area contributed by atoms with Gasteiger partial charge in [-0.3, -0.25) is 4.40 Å². The first-order chi connectivity index (χ1) is 6.92. The maximum atomic E-state index is 4.41. The first-order valence-electron chi connectivity index (χ1n) is 4.05. The average Bonchev–Trinajstić information content (AvgIpc) is 2.78. The fourth-order valence-electron chi connectivity index (χ4n) is 1.28. The quantitative estimate of drug-likeness (QED) is 0.662.